The molecular weight excluding hydrogens is 370 g/mol. The first-order valence-electron chi connectivity index (χ1n) is 9.32. The van der Waals surface area contributed by atoms with Crippen LogP contribution in [0.3, 0.4) is 0 Å². The number of ketones is 1. The van der Waals surface area contributed by atoms with E-state index in [0.717, 1.165) is 22.8 Å². The third kappa shape index (κ3) is 4.48. The van der Waals surface area contributed by atoms with Crippen LogP contribution in [0.15, 0.2) is 54.6 Å². The van der Waals surface area contributed by atoms with Crippen molar-refractivity contribution in [3.63, 3.8) is 0 Å². The Bertz CT molecular complexity index is 1030. The topological polar surface area (TPSA) is 77.8 Å². The number of ether oxygens (including phenoxy) is 2. The van der Waals surface area contributed by atoms with Gasteiger partial charge in [0.25, 0.3) is 0 Å². The number of aromatic hydroxyl groups is 1. The van der Waals surface area contributed by atoms with Gasteiger partial charge in [0.2, 0.25) is 5.78 Å². The van der Waals surface area contributed by atoms with Gasteiger partial charge in [-0.15, -0.1) is 0 Å². The Morgan fingerprint density at radius 2 is 1.76 bits per heavy atom. The van der Waals surface area contributed by atoms with E-state index in [-0.39, 0.29) is 23.7 Å². The molecule has 6 heteroatoms. The summed E-state index contributed by atoms with van der Waals surface area (Å²) in [6.45, 7) is 5.93. The quantitative estimate of drug-likeness (QED) is 0.480. The second kappa shape index (κ2) is 8.65. The second-order valence-corrected chi connectivity index (χ2v) is 6.60. The van der Waals surface area contributed by atoms with Crippen LogP contribution in [0.2, 0.25) is 0 Å². The van der Waals surface area contributed by atoms with Crippen LogP contribution in [0, 0.1) is 13.8 Å². The molecule has 0 unspecified atom stereocenters. The smallest absolute Gasteiger partial charge is 0.338 e. The third-order valence-electron chi connectivity index (χ3n) is 4.55. The summed E-state index contributed by atoms with van der Waals surface area (Å²) in [7, 11) is 0. The SMILES string of the molecule is CCOc1ccc(-n2c(C)cc(C(=O)COC(=O)c3cccc(O)c3)c2C)cc1. The maximum absolute atomic E-state index is 12.6. The monoisotopic (exact) mass is 393 g/mol. The molecule has 1 heterocycles. The maximum atomic E-state index is 12.6. The number of nitrogens with zero attached hydrogens (tertiary/aromatic N) is 1. The first-order valence-corrected chi connectivity index (χ1v) is 9.32. The predicted octanol–water partition coefficient (Wildman–Crippen LogP) is 4.24. The van der Waals surface area contributed by atoms with Crippen molar-refractivity contribution in [2.45, 2.75) is 20.8 Å². The molecule has 29 heavy (non-hydrogen) atoms. The molecule has 1 N–H and O–H groups in total. The summed E-state index contributed by atoms with van der Waals surface area (Å²) in [5.41, 5.74) is 3.27. The first-order chi connectivity index (χ1) is 13.9. The van der Waals surface area contributed by atoms with Gasteiger partial charge in [-0.05, 0) is 69.3 Å². The number of phenolic OH excluding ortho intramolecular Hbond substituents is 1. The third-order valence-corrected chi connectivity index (χ3v) is 4.55. The fourth-order valence-corrected chi connectivity index (χ4v) is 3.23. The summed E-state index contributed by atoms with van der Waals surface area (Å²) in [5, 5.41) is 9.46. The number of rotatable bonds is 7. The molecule has 0 spiro atoms. The van der Waals surface area contributed by atoms with Gasteiger partial charge < -0.3 is 19.1 Å². The van der Waals surface area contributed by atoms with E-state index in [0.29, 0.717) is 12.2 Å². The van der Waals surface area contributed by atoms with E-state index in [2.05, 4.69) is 0 Å². The molecule has 6 nitrogen and oxygen atoms in total. The van der Waals surface area contributed by atoms with Gasteiger partial charge in [-0.1, -0.05) is 6.07 Å². The van der Waals surface area contributed by atoms with E-state index in [1.807, 2.05) is 49.6 Å². The summed E-state index contributed by atoms with van der Waals surface area (Å²) >= 11 is 0. The van der Waals surface area contributed by atoms with E-state index in [9.17, 15) is 14.7 Å². The number of aryl methyl sites for hydroxylation is 1. The number of esters is 1. The van der Waals surface area contributed by atoms with Gasteiger partial charge in [-0.25, -0.2) is 4.79 Å². The van der Waals surface area contributed by atoms with Gasteiger partial charge in [0.1, 0.15) is 11.5 Å². The zero-order valence-electron chi connectivity index (χ0n) is 16.6. The maximum Gasteiger partial charge on any atom is 0.338 e. The molecular formula is C23H23NO5. The standard InChI is InChI=1S/C23H23NO5/c1-4-28-20-10-8-18(9-11-20)24-15(2)12-21(16(24)3)22(26)14-29-23(27)17-6-5-7-19(25)13-17/h5-13,25H,4,14H2,1-3H3. The van der Waals surface area contributed by atoms with Crippen molar-refractivity contribution < 1.29 is 24.2 Å². The van der Waals surface area contributed by atoms with Crippen LogP contribution in [0.1, 0.15) is 39.0 Å². The van der Waals surface area contributed by atoms with E-state index >= 15 is 0 Å². The molecule has 0 atom stereocenters. The van der Waals surface area contributed by atoms with Crippen LogP contribution in [0.4, 0.5) is 0 Å². The normalized spacial score (nSPS) is 10.6. The number of hydrogen-bond donors (Lipinski definition) is 1. The lowest BCUT2D eigenvalue weighted by Crippen LogP contribution is -2.15. The summed E-state index contributed by atoms with van der Waals surface area (Å²) in [5.74, 6) is -0.197. The molecule has 0 saturated carbocycles. The highest BCUT2D eigenvalue weighted by atomic mass is 16.5. The number of benzene rings is 2. The predicted molar refractivity (Wildman–Crippen MR) is 109 cm³/mol. The van der Waals surface area contributed by atoms with E-state index in [4.69, 9.17) is 9.47 Å². The molecule has 0 bridgehead atoms. The van der Waals surface area contributed by atoms with E-state index in [1.54, 1.807) is 6.07 Å². The minimum absolute atomic E-state index is 0.0373. The van der Waals surface area contributed by atoms with Gasteiger partial charge in [0, 0.05) is 22.6 Å². The lowest BCUT2D eigenvalue weighted by Gasteiger charge is -2.11. The largest absolute Gasteiger partial charge is 0.508 e. The summed E-state index contributed by atoms with van der Waals surface area (Å²) in [6.07, 6.45) is 0. The van der Waals surface area contributed by atoms with Gasteiger partial charge in [0.15, 0.2) is 6.61 Å². The zero-order chi connectivity index (χ0) is 21.0. The molecule has 3 aromatic rings. The van der Waals surface area contributed by atoms with Crippen LogP contribution in [-0.2, 0) is 4.74 Å². The molecule has 0 aliphatic heterocycles. The molecule has 1 aromatic heterocycles. The minimum Gasteiger partial charge on any atom is -0.508 e. The number of phenols is 1. The van der Waals surface area contributed by atoms with Crippen molar-refractivity contribution in [1.82, 2.24) is 4.57 Å². The average Bonchev–Trinajstić information content (AvgIpc) is 3.01. The van der Waals surface area contributed by atoms with Gasteiger partial charge in [-0.3, -0.25) is 4.79 Å². The molecule has 0 fully saturated rings. The molecule has 0 radical (unpaired) electrons. The molecule has 0 saturated heterocycles. The lowest BCUT2D eigenvalue weighted by molar-refractivity contribution is 0.0474. The molecule has 0 aliphatic carbocycles. The van der Waals surface area contributed by atoms with Crippen molar-refractivity contribution in [3.8, 4) is 17.2 Å². The summed E-state index contributed by atoms with van der Waals surface area (Å²) in [6, 6.07) is 15.2. The molecule has 3 rings (SSSR count). The summed E-state index contributed by atoms with van der Waals surface area (Å²) in [4.78, 5) is 24.7. The Balaban J connectivity index is 1.75. The van der Waals surface area contributed by atoms with Crippen molar-refractivity contribution in [3.05, 3.63) is 77.1 Å². The average molecular weight is 393 g/mol. The fourth-order valence-electron chi connectivity index (χ4n) is 3.23. The number of carbonyl (C=O) groups excluding carboxylic acids is 2. The van der Waals surface area contributed by atoms with Crippen LogP contribution in [0.25, 0.3) is 5.69 Å². The Kier molecular flexibility index (Phi) is 6.02. The number of Topliss-reactive ketones (excluding diaryl/α,β-unsaturated/α-hetero) is 1. The summed E-state index contributed by atoms with van der Waals surface area (Å²) < 4.78 is 12.6. The first kappa shape index (κ1) is 20.2. The number of carbonyl (C=O) groups is 2. The van der Waals surface area contributed by atoms with Crippen molar-refractivity contribution >= 4 is 11.8 Å². The number of hydrogen-bond acceptors (Lipinski definition) is 5. The van der Waals surface area contributed by atoms with Gasteiger partial charge in [0.05, 0.1) is 12.2 Å². The minimum atomic E-state index is -0.658. The van der Waals surface area contributed by atoms with Crippen LogP contribution >= 0.6 is 0 Å². The van der Waals surface area contributed by atoms with Gasteiger partial charge >= 0.3 is 5.97 Å². The number of aromatic nitrogens is 1. The van der Waals surface area contributed by atoms with E-state index in [1.165, 1.54) is 24.3 Å². The Morgan fingerprint density at radius 1 is 1.03 bits per heavy atom. The van der Waals surface area contributed by atoms with Crippen LogP contribution < -0.4 is 4.74 Å². The van der Waals surface area contributed by atoms with Crippen molar-refractivity contribution in [2.24, 2.45) is 0 Å². The zero-order valence-corrected chi connectivity index (χ0v) is 16.6. The lowest BCUT2D eigenvalue weighted by atomic mass is 10.1. The van der Waals surface area contributed by atoms with Gasteiger partial charge in [-0.2, -0.15) is 0 Å². The Labute approximate surface area is 169 Å². The molecule has 0 aliphatic rings. The van der Waals surface area contributed by atoms with Crippen molar-refractivity contribution in [2.75, 3.05) is 13.2 Å². The molecule has 150 valence electrons. The van der Waals surface area contributed by atoms with Crippen LogP contribution in [-0.4, -0.2) is 34.6 Å². The highest BCUT2D eigenvalue weighted by molar-refractivity contribution is 6.00. The molecule has 2 aromatic carbocycles. The Morgan fingerprint density at radius 3 is 2.41 bits per heavy atom. The highest BCUT2D eigenvalue weighted by Crippen LogP contribution is 2.23. The van der Waals surface area contributed by atoms with Crippen LogP contribution in [0.5, 0.6) is 11.5 Å². The Hall–Kier alpha value is -3.54. The van der Waals surface area contributed by atoms with E-state index < -0.39 is 5.97 Å². The highest BCUT2D eigenvalue weighted by Gasteiger charge is 2.19. The fraction of sp³-hybridized carbons (Fsp3) is 0.217. The molecule has 0 amide bonds. The van der Waals surface area contributed by atoms with Crippen molar-refractivity contribution in [1.29, 1.82) is 0 Å². The second-order valence-electron chi connectivity index (χ2n) is 6.60.